The maximum absolute atomic E-state index is 4.20. The summed E-state index contributed by atoms with van der Waals surface area (Å²) in [5, 5.41) is 7.47. The molecule has 0 fully saturated rings. The first-order valence-electron chi connectivity index (χ1n) is 15.4. The first-order chi connectivity index (χ1) is 22.3. The lowest BCUT2D eigenvalue weighted by Crippen LogP contribution is -1.94. The van der Waals surface area contributed by atoms with Gasteiger partial charge in [-0.25, -0.2) is 0 Å². The molecular formula is C43H28N2. The highest BCUT2D eigenvalue weighted by Gasteiger charge is 2.16. The van der Waals surface area contributed by atoms with Gasteiger partial charge in [-0.1, -0.05) is 109 Å². The van der Waals surface area contributed by atoms with Gasteiger partial charge in [0, 0.05) is 34.2 Å². The van der Waals surface area contributed by atoms with Crippen LogP contribution in [0.25, 0.3) is 82.4 Å². The molecule has 0 radical (unpaired) electrons. The minimum absolute atomic E-state index is 1.16. The van der Waals surface area contributed by atoms with E-state index in [9.17, 15) is 0 Å². The van der Waals surface area contributed by atoms with Gasteiger partial charge in [0.15, 0.2) is 0 Å². The third-order valence-corrected chi connectivity index (χ3v) is 9.05. The van der Waals surface area contributed by atoms with Crippen molar-refractivity contribution in [3.63, 3.8) is 0 Å². The zero-order valence-corrected chi connectivity index (χ0v) is 24.6. The van der Waals surface area contributed by atoms with E-state index in [4.69, 9.17) is 0 Å². The number of pyridine rings is 1. The molecule has 0 bridgehead atoms. The van der Waals surface area contributed by atoms with E-state index >= 15 is 0 Å². The van der Waals surface area contributed by atoms with Crippen LogP contribution < -0.4 is 0 Å². The molecule has 0 saturated heterocycles. The first kappa shape index (κ1) is 25.5. The normalized spacial score (nSPS) is 11.6. The summed E-state index contributed by atoms with van der Waals surface area (Å²) in [6.07, 6.45) is 3.70. The van der Waals surface area contributed by atoms with E-state index in [1.165, 1.54) is 76.7 Å². The lowest BCUT2D eigenvalue weighted by atomic mass is 9.97. The standard InChI is InChI=1S/C43H28N2/c1-3-7-29(8-4-1)31-11-12-34-26-35(14-13-33(34)25-31)36-16-19-40-41-20-17-37-27-32(30-21-23-44-24-22-30)15-18-39(37)43(41)45(42(40)28-36)38-9-5-2-6-10-38/h1-28H. The van der Waals surface area contributed by atoms with Gasteiger partial charge in [-0.2, -0.15) is 0 Å². The molecule has 0 amide bonds. The summed E-state index contributed by atoms with van der Waals surface area (Å²) in [4.78, 5) is 4.20. The van der Waals surface area contributed by atoms with Crippen LogP contribution in [0.2, 0.25) is 0 Å². The first-order valence-corrected chi connectivity index (χ1v) is 15.4. The van der Waals surface area contributed by atoms with Gasteiger partial charge >= 0.3 is 0 Å². The van der Waals surface area contributed by atoms with Gasteiger partial charge in [0.1, 0.15) is 0 Å². The molecule has 2 heteroatoms. The quantitative estimate of drug-likeness (QED) is 0.205. The number of aromatic nitrogens is 2. The van der Waals surface area contributed by atoms with Crippen molar-refractivity contribution in [1.29, 1.82) is 0 Å². The van der Waals surface area contributed by atoms with Gasteiger partial charge < -0.3 is 4.57 Å². The molecule has 0 atom stereocenters. The molecule has 0 aliphatic carbocycles. The van der Waals surface area contributed by atoms with E-state index in [0.29, 0.717) is 0 Å². The number of hydrogen-bond acceptors (Lipinski definition) is 1. The molecule has 2 aromatic heterocycles. The minimum atomic E-state index is 1.16. The smallest absolute Gasteiger partial charge is 0.0619 e. The topological polar surface area (TPSA) is 17.8 Å². The van der Waals surface area contributed by atoms with Crippen molar-refractivity contribution < 1.29 is 0 Å². The summed E-state index contributed by atoms with van der Waals surface area (Å²) >= 11 is 0. The molecule has 210 valence electrons. The fourth-order valence-electron chi connectivity index (χ4n) is 6.82. The van der Waals surface area contributed by atoms with Gasteiger partial charge in [0.05, 0.1) is 11.0 Å². The lowest BCUT2D eigenvalue weighted by molar-refractivity contribution is 1.19. The molecule has 7 aromatic carbocycles. The molecule has 0 aliphatic rings. The van der Waals surface area contributed by atoms with Gasteiger partial charge in [-0.3, -0.25) is 4.98 Å². The van der Waals surface area contributed by atoms with E-state index in [1.807, 2.05) is 12.4 Å². The highest BCUT2D eigenvalue weighted by atomic mass is 15.0. The Morgan fingerprint density at radius 3 is 1.58 bits per heavy atom. The monoisotopic (exact) mass is 572 g/mol. The van der Waals surface area contributed by atoms with Crippen LogP contribution in [0, 0.1) is 0 Å². The highest BCUT2D eigenvalue weighted by Crippen LogP contribution is 2.39. The summed E-state index contributed by atoms with van der Waals surface area (Å²) in [5.74, 6) is 0. The van der Waals surface area contributed by atoms with Crippen molar-refractivity contribution in [1.82, 2.24) is 9.55 Å². The van der Waals surface area contributed by atoms with Crippen molar-refractivity contribution in [2.24, 2.45) is 0 Å². The predicted molar refractivity (Wildman–Crippen MR) is 190 cm³/mol. The van der Waals surface area contributed by atoms with Gasteiger partial charge in [0.2, 0.25) is 0 Å². The molecular weight excluding hydrogens is 544 g/mol. The fraction of sp³-hybridized carbons (Fsp3) is 0. The highest BCUT2D eigenvalue weighted by molar-refractivity contribution is 6.19. The summed E-state index contributed by atoms with van der Waals surface area (Å²) in [6.45, 7) is 0. The third-order valence-electron chi connectivity index (χ3n) is 9.05. The fourth-order valence-corrected chi connectivity index (χ4v) is 6.82. The average molecular weight is 573 g/mol. The van der Waals surface area contributed by atoms with Crippen LogP contribution in [-0.2, 0) is 0 Å². The summed E-state index contributed by atoms with van der Waals surface area (Å²) < 4.78 is 2.44. The zero-order chi connectivity index (χ0) is 29.7. The molecule has 0 aliphatic heterocycles. The molecule has 9 rings (SSSR count). The third kappa shape index (κ3) is 4.30. The summed E-state index contributed by atoms with van der Waals surface area (Å²) in [6, 6.07) is 57.3. The molecule has 0 saturated carbocycles. The van der Waals surface area contributed by atoms with Crippen LogP contribution in [-0.4, -0.2) is 9.55 Å². The maximum atomic E-state index is 4.20. The number of fused-ring (bicyclic) bond motifs is 6. The van der Waals surface area contributed by atoms with E-state index in [-0.39, 0.29) is 0 Å². The SMILES string of the molecule is c1ccc(-c2ccc3cc(-c4ccc5c6ccc7cc(-c8ccncc8)ccc7c6n(-c6ccccc6)c5c4)ccc3c2)cc1. The van der Waals surface area contributed by atoms with E-state index in [1.54, 1.807) is 0 Å². The van der Waals surface area contributed by atoms with Crippen LogP contribution in [0.5, 0.6) is 0 Å². The molecule has 9 aromatic rings. The number of benzene rings is 7. The van der Waals surface area contributed by atoms with Crippen LogP contribution in [0.3, 0.4) is 0 Å². The Bertz CT molecular complexity index is 2510. The molecule has 0 N–H and O–H groups in total. The van der Waals surface area contributed by atoms with Crippen molar-refractivity contribution in [2.75, 3.05) is 0 Å². The zero-order valence-electron chi connectivity index (χ0n) is 24.6. The van der Waals surface area contributed by atoms with Crippen molar-refractivity contribution in [2.45, 2.75) is 0 Å². The second-order valence-electron chi connectivity index (χ2n) is 11.7. The van der Waals surface area contributed by atoms with Crippen molar-refractivity contribution in [3.8, 4) is 39.1 Å². The Labute approximate surface area is 261 Å². The molecule has 0 spiro atoms. The van der Waals surface area contributed by atoms with Crippen LogP contribution in [0.1, 0.15) is 0 Å². The maximum Gasteiger partial charge on any atom is 0.0619 e. The molecule has 2 nitrogen and oxygen atoms in total. The van der Waals surface area contributed by atoms with E-state index in [2.05, 4.69) is 167 Å². The second-order valence-corrected chi connectivity index (χ2v) is 11.7. The minimum Gasteiger partial charge on any atom is -0.309 e. The number of rotatable bonds is 4. The summed E-state index contributed by atoms with van der Waals surface area (Å²) in [5.41, 5.74) is 10.9. The molecule has 45 heavy (non-hydrogen) atoms. The average Bonchev–Trinajstić information content (AvgIpc) is 3.46. The Hall–Kier alpha value is -5.99. The van der Waals surface area contributed by atoms with Gasteiger partial charge in [-0.15, -0.1) is 0 Å². The second kappa shape index (κ2) is 10.3. The van der Waals surface area contributed by atoms with Crippen molar-refractivity contribution in [3.05, 3.63) is 170 Å². The number of hydrogen-bond donors (Lipinski definition) is 0. The molecule has 0 unspecified atom stereocenters. The number of nitrogens with zero attached hydrogens (tertiary/aromatic N) is 2. The van der Waals surface area contributed by atoms with Crippen molar-refractivity contribution >= 4 is 43.4 Å². The Morgan fingerprint density at radius 1 is 0.356 bits per heavy atom. The van der Waals surface area contributed by atoms with Gasteiger partial charge in [-0.05, 0) is 98.1 Å². The van der Waals surface area contributed by atoms with Crippen LogP contribution >= 0.6 is 0 Å². The Kier molecular flexibility index (Phi) is 5.85. The summed E-state index contributed by atoms with van der Waals surface area (Å²) in [7, 11) is 0. The largest absolute Gasteiger partial charge is 0.309 e. The van der Waals surface area contributed by atoms with Gasteiger partial charge in [0.25, 0.3) is 0 Å². The predicted octanol–water partition coefficient (Wildman–Crippen LogP) is 11.5. The molecule has 2 heterocycles. The Morgan fingerprint density at radius 2 is 0.867 bits per heavy atom. The van der Waals surface area contributed by atoms with Crippen LogP contribution in [0.15, 0.2) is 170 Å². The van der Waals surface area contributed by atoms with E-state index < -0.39 is 0 Å². The van der Waals surface area contributed by atoms with E-state index in [0.717, 1.165) is 5.69 Å². The number of para-hydroxylation sites is 1. The van der Waals surface area contributed by atoms with Crippen LogP contribution in [0.4, 0.5) is 0 Å². The Balaban J connectivity index is 1.23. The lowest BCUT2D eigenvalue weighted by Gasteiger charge is -2.11.